The Bertz CT molecular complexity index is 680. The Kier molecular flexibility index (Phi) is 3.64. The standard InChI is InChI=1S/C12H12N6OS/c1-19-12-9(8-20-15-12)7-18-11(14-16-17-18)6-10-4-2-3-5-13-10/h2-5,8H,6-7H2,1H3. The van der Waals surface area contributed by atoms with Gasteiger partial charge >= 0.3 is 0 Å². The molecule has 3 aromatic rings. The van der Waals surface area contributed by atoms with Crippen LogP contribution >= 0.6 is 11.5 Å². The lowest BCUT2D eigenvalue weighted by atomic mass is 10.2. The molecule has 3 rings (SSSR count). The molecule has 102 valence electrons. The summed E-state index contributed by atoms with van der Waals surface area (Å²) in [6.45, 7) is 0.537. The Hall–Kier alpha value is -2.35. The van der Waals surface area contributed by atoms with E-state index in [0.717, 1.165) is 17.1 Å². The summed E-state index contributed by atoms with van der Waals surface area (Å²) in [6.07, 6.45) is 2.35. The van der Waals surface area contributed by atoms with E-state index < -0.39 is 0 Å². The van der Waals surface area contributed by atoms with Crippen LogP contribution in [0.5, 0.6) is 5.88 Å². The monoisotopic (exact) mass is 288 g/mol. The fraction of sp³-hybridized carbons (Fsp3) is 0.250. The van der Waals surface area contributed by atoms with Crippen molar-refractivity contribution in [1.29, 1.82) is 0 Å². The zero-order valence-electron chi connectivity index (χ0n) is 10.8. The second-order valence-corrected chi connectivity index (χ2v) is 4.73. The van der Waals surface area contributed by atoms with Gasteiger partial charge in [-0.3, -0.25) is 4.98 Å². The van der Waals surface area contributed by atoms with Gasteiger partial charge in [-0.15, -0.1) is 5.10 Å². The number of methoxy groups -OCH3 is 1. The number of aromatic nitrogens is 6. The zero-order valence-corrected chi connectivity index (χ0v) is 11.6. The molecule has 0 aromatic carbocycles. The summed E-state index contributed by atoms with van der Waals surface area (Å²) in [5, 5.41) is 13.7. The van der Waals surface area contributed by atoms with E-state index in [2.05, 4.69) is 24.9 Å². The number of pyridine rings is 1. The Morgan fingerprint density at radius 1 is 1.35 bits per heavy atom. The van der Waals surface area contributed by atoms with Gasteiger partial charge in [0.2, 0.25) is 5.88 Å². The van der Waals surface area contributed by atoms with Crippen molar-refractivity contribution in [2.45, 2.75) is 13.0 Å². The largest absolute Gasteiger partial charge is 0.480 e. The third-order valence-electron chi connectivity index (χ3n) is 2.79. The maximum atomic E-state index is 5.20. The van der Waals surface area contributed by atoms with Crippen LogP contribution in [0.2, 0.25) is 0 Å². The summed E-state index contributed by atoms with van der Waals surface area (Å²) in [6, 6.07) is 5.78. The van der Waals surface area contributed by atoms with Gasteiger partial charge in [0.15, 0.2) is 5.82 Å². The Labute approximate surface area is 119 Å². The molecule has 20 heavy (non-hydrogen) atoms. The van der Waals surface area contributed by atoms with E-state index in [1.807, 2.05) is 23.6 Å². The van der Waals surface area contributed by atoms with Gasteiger partial charge in [0, 0.05) is 22.8 Å². The smallest absolute Gasteiger partial charge is 0.230 e. The average Bonchev–Trinajstić information content (AvgIpc) is 3.10. The van der Waals surface area contributed by atoms with Crippen molar-refractivity contribution >= 4 is 11.5 Å². The molecule has 0 bridgehead atoms. The van der Waals surface area contributed by atoms with Crippen LogP contribution in [0, 0.1) is 0 Å². The van der Waals surface area contributed by atoms with Crippen LogP contribution in [0.1, 0.15) is 17.1 Å². The van der Waals surface area contributed by atoms with Crippen molar-refractivity contribution in [3.05, 3.63) is 46.9 Å². The molecule has 0 unspecified atom stereocenters. The second-order valence-electron chi connectivity index (χ2n) is 4.10. The molecule has 8 heteroatoms. The highest BCUT2D eigenvalue weighted by molar-refractivity contribution is 7.03. The first-order valence-electron chi connectivity index (χ1n) is 5.99. The molecule has 7 nitrogen and oxygen atoms in total. The molecule has 0 saturated carbocycles. The molecule has 3 aromatic heterocycles. The average molecular weight is 288 g/mol. The van der Waals surface area contributed by atoms with Gasteiger partial charge in [-0.05, 0) is 34.1 Å². The lowest BCUT2D eigenvalue weighted by molar-refractivity contribution is 0.395. The minimum absolute atomic E-state index is 0.537. The van der Waals surface area contributed by atoms with Gasteiger partial charge in [-0.1, -0.05) is 6.07 Å². The van der Waals surface area contributed by atoms with E-state index in [4.69, 9.17) is 4.74 Å². The molecule has 0 atom stereocenters. The number of tetrazole rings is 1. The summed E-state index contributed by atoms with van der Waals surface area (Å²) in [4.78, 5) is 4.28. The first-order valence-corrected chi connectivity index (χ1v) is 6.82. The maximum Gasteiger partial charge on any atom is 0.230 e. The van der Waals surface area contributed by atoms with Crippen LogP contribution in [0.3, 0.4) is 0 Å². The van der Waals surface area contributed by atoms with Crippen molar-refractivity contribution in [2.24, 2.45) is 0 Å². The predicted octanol–water partition coefficient (Wildman–Crippen LogP) is 1.17. The van der Waals surface area contributed by atoms with Crippen LogP contribution in [0.15, 0.2) is 29.8 Å². The lowest BCUT2D eigenvalue weighted by Crippen LogP contribution is -2.08. The van der Waals surface area contributed by atoms with E-state index in [1.165, 1.54) is 11.5 Å². The highest BCUT2D eigenvalue weighted by atomic mass is 32.1. The third-order valence-corrected chi connectivity index (χ3v) is 3.45. The first kappa shape index (κ1) is 12.7. The van der Waals surface area contributed by atoms with E-state index in [-0.39, 0.29) is 0 Å². The van der Waals surface area contributed by atoms with Crippen LogP contribution in [0.25, 0.3) is 0 Å². The SMILES string of the molecule is COc1nscc1Cn1nnnc1Cc1ccccn1. The predicted molar refractivity (Wildman–Crippen MR) is 72.6 cm³/mol. The number of hydrogen-bond acceptors (Lipinski definition) is 7. The highest BCUT2D eigenvalue weighted by Gasteiger charge is 2.12. The van der Waals surface area contributed by atoms with E-state index in [0.29, 0.717) is 18.8 Å². The van der Waals surface area contributed by atoms with Gasteiger partial charge in [0.1, 0.15) is 0 Å². The van der Waals surface area contributed by atoms with Gasteiger partial charge in [-0.2, -0.15) is 4.37 Å². The fourth-order valence-corrected chi connectivity index (χ4v) is 2.46. The van der Waals surface area contributed by atoms with Crippen molar-refractivity contribution in [3.8, 4) is 5.88 Å². The quantitative estimate of drug-likeness (QED) is 0.701. The summed E-state index contributed by atoms with van der Waals surface area (Å²) in [5.41, 5.74) is 1.89. The van der Waals surface area contributed by atoms with Crippen molar-refractivity contribution in [2.75, 3.05) is 7.11 Å². The van der Waals surface area contributed by atoms with Gasteiger partial charge < -0.3 is 4.74 Å². The van der Waals surface area contributed by atoms with Gasteiger partial charge in [-0.25, -0.2) is 4.68 Å². The van der Waals surface area contributed by atoms with Crippen LogP contribution in [-0.2, 0) is 13.0 Å². The van der Waals surface area contributed by atoms with Crippen molar-refractivity contribution in [3.63, 3.8) is 0 Å². The first-order chi connectivity index (χ1) is 9.86. The molecular weight excluding hydrogens is 276 g/mol. The Morgan fingerprint density at radius 3 is 3.10 bits per heavy atom. The molecule has 0 aliphatic rings. The third kappa shape index (κ3) is 2.64. The second kappa shape index (κ2) is 5.74. The number of ether oxygens (including phenoxy) is 1. The number of hydrogen-bond donors (Lipinski definition) is 0. The fourth-order valence-electron chi connectivity index (χ4n) is 1.82. The summed E-state index contributed by atoms with van der Waals surface area (Å²) in [5.74, 6) is 1.38. The van der Waals surface area contributed by atoms with Gasteiger partial charge in [0.05, 0.1) is 20.1 Å². The van der Waals surface area contributed by atoms with Gasteiger partial charge in [0.25, 0.3) is 0 Å². The minimum atomic E-state index is 0.537. The van der Waals surface area contributed by atoms with Crippen LogP contribution in [-0.4, -0.2) is 36.7 Å². The lowest BCUT2D eigenvalue weighted by Gasteiger charge is -2.04. The molecule has 3 heterocycles. The van der Waals surface area contributed by atoms with E-state index in [1.54, 1.807) is 18.0 Å². The molecule has 0 aliphatic heterocycles. The molecule has 0 N–H and O–H groups in total. The molecular formula is C12H12N6OS. The van der Waals surface area contributed by atoms with Crippen molar-refractivity contribution < 1.29 is 4.74 Å². The van der Waals surface area contributed by atoms with Crippen LogP contribution in [0.4, 0.5) is 0 Å². The normalized spacial score (nSPS) is 10.7. The highest BCUT2D eigenvalue weighted by Crippen LogP contribution is 2.19. The zero-order chi connectivity index (χ0) is 13.8. The molecule has 0 fully saturated rings. The Balaban J connectivity index is 1.80. The molecule has 0 radical (unpaired) electrons. The molecule has 0 saturated heterocycles. The summed E-state index contributed by atoms with van der Waals surface area (Å²) in [7, 11) is 1.60. The van der Waals surface area contributed by atoms with E-state index in [9.17, 15) is 0 Å². The minimum Gasteiger partial charge on any atom is -0.480 e. The molecule has 0 aliphatic carbocycles. The molecule has 0 spiro atoms. The van der Waals surface area contributed by atoms with E-state index >= 15 is 0 Å². The summed E-state index contributed by atoms with van der Waals surface area (Å²) < 4.78 is 11.1. The Morgan fingerprint density at radius 2 is 2.30 bits per heavy atom. The maximum absolute atomic E-state index is 5.20. The number of rotatable bonds is 5. The topological polar surface area (TPSA) is 78.6 Å². The van der Waals surface area contributed by atoms with Crippen LogP contribution < -0.4 is 4.74 Å². The number of nitrogens with zero attached hydrogens (tertiary/aromatic N) is 6. The van der Waals surface area contributed by atoms with Crippen molar-refractivity contribution in [1.82, 2.24) is 29.6 Å². The summed E-state index contributed by atoms with van der Waals surface area (Å²) >= 11 is 1.35. The molecule has 0 amide bonds.